The van der Waals surface area contributed by atoms with Crippen LogP contribution in [-0.4, -0.2) is 12.1 Å². The van der Waals surface area contributed by atoms with Crippen molar-refractivity contribution in [2.75, 3.05) is 0 Å². The lowest BCUT2D eigenvalue weighted by Gasteiger charge is -2.01. The average Bonchev–Trinajstić information content (AvgIpc) is 2.72. The smallest absolute Gasteiger partial charge is 0.333 e. The van der Waals surface area contributed by atoms with Gasteiger partial charge in [-0.25, -0.2) is 4.79 Å². The minimum atomic E-state index is -0.144. The zero-order chi connectivity index (χ0) is 8.27. The van der Waals surface area contributed by atoms with Crippen molar-refractivity contribution in [2.45, 2.75) is 39.2 Å². The molecule has 11 heavy (non-hydrogen) atoms. The van der Waals surface area contributed by atoms with E-state index in [0.29, 0.717) is 0 Å². The largest absolute Gasteiger partial charge is 0.459 e. The van der Waals surface area contributed by atoms with Crippen LogP contribution in [-0.2, 0) is 9.53 Å². The molecular weight excluding hydrogens is 140 g/mol. The van der Waals surface area contributed by atoms with Crippen LogP contribution in [0.5, 0.6) is 0 Å². The van der Waals surface area contributed by atoms with Gasteiger partial charge in [-0.3, -0.25) is 0 Å². The van der Waals surface area contributed by atoms with E-state index in [0.717, 1.165) is 24.8 Å². The van der Waals surface area contributed by atoms with Crippen LogP contribution < -0.4 is 0 Å². The molecule has 0 aromatic rings. The second-order valence-electron chi connectivity index (χ2n) is 2.90. The van der Waals surface area contributed by atoms with E-state index in [-0.39, 0.29) is 12.1 Å². The Balaban J connectivity index is 2.32. The first-order valence-corrected chi connectivity index (χ1v) is 4.11. The fraction of sp³-hybridized carbons (Fsp3) is 0.667. The molecule has 0 aromatic carbocycles. The average molecular weight is 154 g/mol. The van der Waals surface area contributed by atoms with E-state index in [4.69, 9.17) is 4.74 Å². The summed E-state index contributed by atoms with van der Waals surface area (Å²) in [5.74, 6) is -0.144. The van der Waals surface area contributed by atoms with Gasteiger partial charge in [-0.2, -0.15) is 0 Å². The molecule has 1 rings (SSSR count). The van der Waals surface area contributed by atoms with Gasteiger partial charge >= 0.3 is 5.97 Å². The van der Waals surface area contributed by atoms with Crippen molar-refractivity contribution < 1.29 is 9.53 Å². The Morgan fingerprint density at radius 1 is 1.64 bits per heavy atom. The lowest BCUT2D eigenvalue weighted by atomic mass is 10.2. The minimum Gasteiger partial charge on any atom is -0.459 e. The molecule has 0 unspecified atom stereocenters. The maximum Gasteiger partial charge on any atom is 0.333 e. The summed E-state index contributed by atoms with van der Waals surface area (Å²) >= 11 is 0. The molecule has 0 radical (unpaired) electrons. The molecule has 0 N–H and O–H groups in total. The van der Waals surface area contributed by atoms with Gasteiger partial charge in [0.05, 0.1) is 0 Å². The Morgan fingerprint density at radius 2 is 2.27 bits per heavy atom. The van der Waals surface area contributed by atoms with Crippen molar-refractivity contribution in [3.8, 4) is 0 Å². The quantitative estimate of drug-likeness (QED) is 0.459. The molecule has 0 saturated heterocycles. The Hall–Kier alpha value is -0.790. The number of esters is 1. The Morgan fingerprint density at radius 3 is 2.73 bits per heavy atom. The maximum atomic E-state index is 11.1. The molecule has 62 valence electrons. The normalized spacial score (nSPS) is 18.2. The van der Waals surface area contributed by atoms with E-state index in [1.54, 1.807) is 6.92 Å². The van der Waals surface area contributed by atoms with Gasteiger partial charge in [0.2, 0.25) is 0 Å². The van der Waals surface area contributed by atoms with Crippen LogP contribution in [0.4, 0.5) is 0 Å². The monoisotopic (exact) mass is 154 g/mol. The van der Waals surface area contributed by atoms with Gasteiger partial charge in [0, 0.05) is 5.57 Å². The maximum absolute atomic E-state index is 11.1. The molecule has 0 atom stereocenters. The molecule has 1 aliphatic carbocycles. The lowest BCUT2D eigenvalue weighted by molar-refractivity contribution is -0.140. The van der Waals surface area contributed by atoms with Crippen LogP contribution in [0.3, 0.4) is 0 Å². The van der Waals surface area contributed by atoms with Crippen molar-refractivity contribution in [3.63, 3.8) is 0 Å². The number of allylic oxidation sites excluding steroid dienone is 1. The number of hydrogen-bond donors (Lipinski definition) is 0. The third kappa shape index (κ3) is 2.74. The van der Waals surface area contributed by atoms with Gasteiger partial charge in [0.25, 0.3) is 0 Å². The molecule has 0 spiro atoms. The lowest BCUT2D eigenvalue weighted by Crippen LogP contribution is -2.06. The molecule has 2 heteroatoms. The van der Waals surface area contributed by atoms with Gasteiger partial charge in [0.1, 0.15) is 6.10 Å². The van der Waals surface area contributed by atoms with Crippen LogP contribution >= 0.6 is 0 Å². The highest BCUT2D eigenvalue weighted by molar-refractivity contribution is 5.87. The summed E-state index contributed by atoms with van der Waals surface area (Å²) in [5, 5.41) is 0. The predicted octanol–water partition coefficient (Wildman–Crippen LogP) is 2.05. The van der Waals surface area contributed by atoms with Gasteiger partial charge < -0.3 is 4.74 Å². The molecule has 0 bridgehead atoms. The van der Waals surface area contributed by atoms with Gasteiger partial charge in [-0.05, 0) is 26.2 Å². The standard InChI is InChI=1S/C9H14O2/c1-3-4-7(2)9(10)11-8-5-6-8/h4,8H,3,5-6H2,1-2H3/b7-4+. The number of rotatable bonds is 3. The highest BCUT2D eigenvalue weighted by Gasteiger charge is 2.26. The molecule has 0 amide bonds. The highest BCUT2D eigenvalue weighted by Crippen LogP contribution is 2.24. The third-order valence-electron chi connectivity index (χ3n) is 1.63. The molecule has 2 nitrogen and oxygen atoms in total. The van der Waals surface area contributed by atoms with Crippen LogP contribution in [0, 0.1) is 0 Å². The van der Waals surface area contributed by atoms with Gasteiger partial charge in [-0.1, -0.05) is 13.0 Å². The summed E-state index contributed by atoms with van der Waals surface area (Å²) in [6.07, 6.45) is 5.11. The number of carbonyl (C=O) groups excluding carboxylic acids is 1. The van der Waals surface area contributed by atoms with Crippen LogP contribution in [0.15, 0.2) is 11.6 Å². The molecule has 0 aromatic heterocycles. The summed E-state index contributed by atoms with van der Waals surface area (Å²) in [6.45, 7) is 3.81. The molecular formula is C9H14O2. The number of carbonyl (C=O) groups is 1. The summed E-state index contributed by atoms with van der Waals surface area (Å²) < 4.78 is 5.07. The first-order valence-electron chi connectivity index (χ1n) is 4.11. The molecule has 1 saturated carbocycles. The van der Waals surface area contributed by atoms with Gasteiger partial charge in [-0.15, -0.1) is 0 Å². The summed E-state index contributed by atoms with van der Waals surface area (Å²) in [6, 6.07) is 0. The highest BCUT2D eigenvalue weighted by atomic mass is 16.5. The summed E-state index contributed by atoms with van der Waals surface area (Å²) in [7, 11) is 0. The minimum absolute atomic E-state index is 0.144. The number of hydrogen-bond acceptors (Lipinski definition) is 2. The van der Waals surface area contributed by atoms with Crippen molar-refractivity contribution in [1.82, 2.24) is 0 Å². The van der Waals surface area contributed by atoms with Crippen molar-refractivity contribution in [3.05, 3.63) is 11.6 Å². The van der Waals surface area contributed by atoms with Crippen LogP contribution in [0.2, 0.25) is 0 Å². The Bertz CT molecular complexity index is 178. The van der Waals surface area contributed by atoms with Crippen LogP contribution in [0.25, 0.3) is 0 Å². The number of ether oxygens (including phenoxy) is 1. The fourth-order valence-corrected chi connectivity index (χ4v) is 0.820. The summed E-state index contributed by atoms with van der Waals surface area (Å²) in [4.78, 5) is 11.1. The fourth-order valence-electron chi connectivity index (χ4n) is 0.820. The van der Waals surface area contributed by atoms with E-state index >= 15 is 0 Å². The summed E-state index contributed by atoms with van der Waals surface area (Å²) in [5.41, 5.74) is 0.736. The van der Waals surface area contributed by atoms with E-state index in [1.807, 2.05) is 13.0 Å². The van der Waals surface area contributed by atoms with E-state index in [2.05, 4.69) is 0 Å². The van der Waals surface area contributed by atoms with Gasteiger partial charge in [0.15, 0.2) is 0 Å². The molecule has 1 aliphatic rings. The van der Waals surface area contributed by atoms with Crippen molar-refractivity contribution in [1.29, 1.82) is 0 Å². The SMILES string of the molecule is CC/C=C(\C)C(=O)OC1CC1. The van der Waals surface area contributed by atoms with E-state index in [9.17, 15) is 4.79 Å². The Labute approximate surface area is 67.2 Å². The van der Waals surface area contributed by atoms with E-state index < -0.39 is 0 Å². The molecule has 1 fully saturated rings. The van der Waals surface area contributed by atoms with E-state index in [1.165, 1.54) is 0 Å². The zero-order valence-corrected chi connectivity index (χ0v) is 7.09. The third-order valence-corrected chi connectivity index (χ3v) is 1.63. The second kappa shape index (κ2) is 3.56. The van der Waals surface area contributed by atoms with Crippen LogP contribution in [0.1, 0.15) is 33.1 Å². The van der Waals surface area contributed by atoms with Crippen molar-refractivity contribution >= 4 is 5.97 Å². The van der Waals surface area contributed by atoms with Crippen molar-refractivity contribution in [2.24, 2.45) is 0 Å². The molecule has 0 heterocycles. The first-order chi connectivity index (χ1) is 5.24. The second-order valence-corrected chi connectivity index (χ2v) is 2.90. The topological polar surface area (TPSA) is 26.3 Å². The molecule has 0 aliphatic heterocycles. The zero-order valence-electron chi connectivity index (χ0n) is 7.09. The first kappa shape index (κ1) is 8.31. The predicted molar refractivity (Wildman–Crippen MR) is 43.2 cm³/mol. The Kier molecular flexibility index (Phi) is 2.69.